The van der Waals surface area contributed by atoms with E-state index in [1.165, 1.54) is 60.0 Å². The van der Waals surface area contributed by atoms with Crippen molar-refractivity contribution in [1.29, 1.82) is 0 Å². The van der Waals surface area contributed by atoms with Crippen LogP contribution >= 0.6 is 0 Å². The molecule has 0 radical (unpaired) electrons. The van der Waals surface area contributed by atoms with Crippen molar-refractivity contribution in [2.24, 2.45) is 0 Å². The molecule has 0 atom stereocenters. The Morgan fingerprint density at radius 3 is 1.60 bits per heavy atom. The summed E-state index contributed by atoms with van der Waals surface area (Å²) < 4.78 is 20.6. The van der Waals surface area contributed by atoms with E-state index in [2.05, 4.69) is 246 Å². The largest absolute Gasteiger partial charge is 0.456 e. The van der Waals surface area contributed by atoms with Gasteiger partial charge in [0.2, 0.25) is 11.9 Å². The van der Waals surface area contributed by atoms with Crippen LogP contribution in [0.25, 0.3) is 171 Å². The molecule has 0 N–H and O–H groups in total. The van der Waals surface area contributed by atoms with Crippen molar-refractivity contribution in [3.8, 4) is 85.4 Å². The van der Waals surface area contributed by atoms with E-state index in [1.807, 2.05) is 30.3 Å². The summed E-state index contributed by atoms with van der Waals surface area (Å²) in [6.07, 6.45) is 0. The molecule has 7 heterocycles. The SMILES string of the molecule is CC1(C)c2ccccc2-c2c1c1ccccc1c1c3ccccc3n(-c3nc4c5c(cccc5n3)Oc3c(-c5cccc(-n6c7ccccc7c7c8c(ccc76)ccc6c8c7ccccc7n6-c6nc7c8c(cccc8n6)Oc6ccccc6-7)c5)cccc3-4)c21. The number of nitrogens with zero attached hydrogens (tertiary/aromatic N) is 7. The minimum atomic E-state index is -0.246. The Balaban J connectivity index is 0.755. The van der Waals surface area contributed by atoms with Crippen LogP contribution in [0, 0.1) is 0 Å². The van der Waals surface area contributed by atoms with Crippen LogP contribution in [0.15, 0.2) is 249 Å². The third-order valence-corrected chi connectivity index (χ3v) is 19.8. The normalized spacial score (nSPS) is 13.5. The molecule has 21 rings (SSSR count). The van der Waals surface area contributed by atoms with Crippen LogP contribution in [0.4, 0.5) is 0 Å². The predicted octanol–water partition coefficient (Wildman–Crippen LogP) is 20.7. The molecule has 0 amide bonds. The molecule has 0 saturated heterocycles. The van der Waals surface area contributed by atoms with Crippen molar-refractivity contribution >= 4 is 109 Å². The van der Waals surface area contributed by atoms with Crippen LogP contribution in [0.3, 0.4) is 0 Å². The highest BCUT2D eigenvalue weighted by Gasteiger charge is 2.40. The number of para-hydroxylation sites is 5. The zero-order valence-electron chi connectivity index (χ0n) is 48.6. The molecule has 0 bridgehead atoms. The van der Waals surface area contributed by atoms with E-state index >= 15 is 0 Å². The first-order chi connectivity index (χ1) is 44.4. The molecule has 9 heteroatoms. The van der Waals surface area contributed by atoms with Gasteiger partial charge in [0, 0.05) is 71.1 Å². The molecule has 0 fully saturated rings. The maximum absolute atomic E-state index is 7.15. The number of rotatable bonds is 4. The summed E-state index contributed by atoms with van der Waals surface area (Å²) in [6.45, 7) is 4.74. The maximum Gasteiger partial charge on any atom is 0.235 e. The quantitative estimate of drug-likeness (QED) is 0.175. The number of fused-ring (bicyclic) bond motifs is 23. The lowest BCUT2D eigenvalue weighted by molar-refractivity contribution is 0.486. The van der Waals surface area contributed by atoms with Crippen LogP contribution in [-0.4, -0.2) is 33.6 Å². The summed E-state index contributed by atoms with van der Waals surface area (Å²) in [5.41, 5.74) is 19.6. The second-order valence-corrected chi connectivity index (χ2v) is 24.7. The van der Waals surface area contributed by atoms with Crippen molar-refractivity contribution in [1.82, 2.24) is 33.6 Å². The van der Waals surface area contributed by atoms with E-state index in [0.717, 1.165) is 133 Å². The molecule has 13 aromatic carbocycles. The molecular formula is C81H47N7O2. The van der Waals surface area contributed by atoms with Gasteiger partial charge in [0.15, 0.2) is 0 Å². The van der Waals surface area contributed by atoms with E-state index < -0.39 is 0 Å². The van der Waals surface area contributed by atoms with Gasteiger partial charge >= 0.3 is 0 Å². The van der Waals surface area contributed by atoms with Gasteiger partial charge < -0.3 is 14.0 Å². The van der Waals surface area contributed by atoms with Gasteiger partial charge in [-0.3, -0.25) is 9.13 Å². The number of hydrogen-bond donors (Lipinski definition) is 0. The van der Waals surface area contributed by atoms with Crippen LogP contribution in [0.1, 0.15) is 25.0 Å². The summed E-state index contributed by atoms with van der Waals surface area (Å²) in [7, 11) is 0. The Kier molecular flexibility index (Phi) is 9.21. The van der Waals surface area contributed by atoms with Gasteiger partial charge in [-0.25, -0.2) is 19.9 Å². The molecule has 3 aliphatic rings. The summed E-state index contributed by atoms with van der Waals surface area (Å²) >= 11 is 0. The van der Waals surface area contributed by atoms with Crippen molar-refractivity contribution in [3.05, 3.63) is 260 Å². The maximum atomic E-state index is 7.15. The average Bonchev–Trinajstić information content (AvgIpc) is 1.52. The third-order valence-electron chi connectivity index (χ3n) is 19.8. The van der Waals surface area contributed by atoms with Crippen LogP contribution in [0.2, 0.25) is 0 Å². The van der Waals surface area contributed by atoms with Crippen molar-refractivity contribution in [2.75, 3.05) is 0 Å². The number of ether oxygens (including phenoxy) is 2. The molecule has 5 aromatic heterocycles. The summed E-state index contributed by atoms with van der Waals surface area (Å²) in [4.78, 5) is 22.0. The van der Waals surface area contributed by atoms with E-state index in [1.54, 1.807) is 0 Å². The van der Waals surface area contributed by atoms with E-state index in [0.29, 0.717) is 11.9 Å². The van der Waals surface area contributed by atoms with E-state index in [9.17, 15) is 0 Å². The first-order valence-corrected chi connectivity index (χ1v) is 30.7. The van der Waals surface area contributed by atoms with Crippen molar-refractivity contribution in [2.45, 2.75) is 19.3 Å². The molecule has 90 heavy (non-hydrogen) atoms. The monoisotopic (exact) mass is 1150 g/mol. The standard InChI is InChI=1S/C81H47N7O2/c1-81(2)56-30-10-5-23-50(56)71-74(81)49-22-4-3-21-48(49)68-51-24-6-13-35-61(51)88(77(68)71)80-83-58-32-18-38-66-73(58)76(85-80)55-29-16-28-47(78(55)90-66)45-19-15-20-46(43-45)86-59-33-11-7-25-52(59)69-62(86)41-39-44-40-42-63-70(67(44)69)53-26-8-12-34-60(53)87(63)79-82-57-31-17-37-65-72(57)75(84-79)54-27-9-14-36-64(54)89-65/h3-43H,1-2H3. The van der Waals surface area contributed by atoms with Gasteiger partial charge in [-0.2, -0.15) is 0 Å². The fourth-order valence-corrected chi connectivity index (χ4v) is 16.1. The minimum Gasteiger partial charge on any atom is -0.456 e. The molecule has 1 aliphatic carbocycles. The Bertz CT molecular complexity index is 6340. The highest BCUT2D eigenvalue weighted by molar-refractivity contribution is 6.33. The van der Waals surface area contributed by atoms with Crippen LogP contribution in [0.5, 0.6) is 23.0 Å². The molecular weight excluding hydrogens is 1100 g/mol. The smallest absolute Gasteiger partial charge is 0.235 e. The Morgan fingerprint density at radius 2 is 0.867 bits per heavy atom. The van der Waals surface area contributed by atoms with Gasteiger partial charge in [0.25, 0.3) is 0 Å². The molecule has 18 aromatic rings. The second kappa shape index (κ2) is 17.2. The number of hydrogen-bond acceptors (Lipinski definition) is 6. The summed E-state index contributed by atoms with van der Waals surface area (Å²) in [5, 5.41) is 13.7. The molecule has 9 nitrogen and oxygen atoms in total. The molecule has 0 spiro atoms. The summed E-state index contributed by atoms with van der Waals surface area (Å²) in [5.74, 6) is 4.26. The minimum absolute atomic E-state index is 0.246. The third kappa shape index (κ3) is 6.15. The first kappa shape index (κ1) is 48.2. The highest BCUT2D eigenvalue weighted by Crippen LogP contribution is 2.57. The predicted molar refractivity (Wildman–Crippen MR) is 365 cm³/mol. The molecule has 2 aliphatic heterocycles. The molecule has 418 valence electrons. The van der Waals surface area contributed by atoms with Gasteiger partial charge in [0.05, 0.1) is 66.3 Å². The molecule has 0 unspecified atom stereocenters. The van der Waals surface area contributed by atoms with E-state index in [4.69, 9.17) is 29.4 Å². The lowest BCUT2D eigenvalue weighted by Crippen LogP contribution is -2.15. The summed E-state index contributed by atoms with van der Waals surface area (Å²) in [6, 6.07) is 89.0. The highest BCUT2D eigenvalue weighted by atomic mass is 16.5. The van der Waals surface area contributed by atoms with Crippen molar-refractivity contribution < 1.29 is 9.47 Å². The Labute approximate surface area is 513 Å². The Hall–Kier alpha value is -11.9. The topological polar surface area (TPSA) is 84.8 Å². The lowest BCUT2D eigenvalue weighted by Gasteiger charge is -2.24. The molecule has 0 saturated carbocycles. The number of aromatic nitrogens is 7. The Morgan fingerprint density at radius 1 is 0.344 bits per heavy atom. The van der Waals surface area contributed by atoms with Crippen molar-refractivity contribution in [3.63, 3.8) is 0 Å². The van der Waals surface area contributed by atoms with E-state index in [-0.39, 0.29) is 5.41 Å². The lowest BCUT2D eigenvalue weighted by atomic mass is 9.79. The number of benzene rings is 13. The fraction of sp³-hybridized carbons (Fsp3) is 0.0370. The zero-order valence-corrected chi connectivity index (χ0v) is 48.6. The zero-order chi connectivity index (χ0) is 58.8. The van der Waals surface area contributed by atoms with Gasteiger partial charge in [-0.15, -0.1) is 0 Å². The first-order valence-electron chi connectivity index (χ1n) is 30.7. The fourth-order valence-electron chi connectivity index (χ4n) is 16.1. The van der Waals surface area contributed by atoms with Gasteiger partial charge in [-0.1, -0.05) is 178 Å². The second-order valence-electron chi connectivity index (χ2n) is 24.7. The van der Waals surface area contributed by atoms with Crippen LogP contribution < -0.4 is 9.47 Å². The average molecular weight is 1150 g/mol. The van der Waals surface area contributed by atoms with Crippen LogP contribution in [-0.2, 0) is 5.41 Å². The van der Waals surface area contributed by atoms with Gasteiger partial charge in [-0.05, 0) is 123 Å². The van der Waals surface area contributed by atoms with Gasteiger partial charge in [0.1, 0.15) is 23.0 Å².